The molecule has 31 heavy (non-hydrogen) atoms. The normalized spacial score (nSPS) is 19.8. The quantitative estimate of drug-likeness (QED) is 0.774. The molecular weight excluding hydrogens is 394 g/mol. The molecule has 1 N–H and O–H groups in total. The van der Waals surface area contributed by atoms with E-state index < -0.39 is 5.92 Å². The van der Waals surface area contributed by atoms with Crippen LogP contribution in [0.5, 0.6) is 5.75 Å². The van der Waals surface area contributed by atoms with E-state index in [0.29, 0.717) is 19.8 Å². The molecule has 2 heterocycles. The molecule has 164 valence electrons. The van der Waals surface area contributed by atoms with E-state index in [-0.39, 0.29) is 24.3 Å². The lowest BCUT2D eigenvalue weighted by atomic mass is 9.89. The Hall–Kier alpha value is -2.90. The van der Waals surface area contributed by atoms with Crippen molar-refractivity contribution in [2.45, 2.75) is 18.4 Å². The third-order valence-corrected chi connectivity index (χ3v) is 6.11. The summed E-state index contributed by atoms with van der Waals surface area (Å²) in [6.45, 7) is 3.52. The van der Waals surface area contributed by atoms with Crippen LogP contribution < -0.4 is 10.1 Å². The van der Waals surface area contributed by atoms with Crippen molar-refractivity contribution in [3.05, 3.63) is 59.7 Å². The number of carbonyl (C=O) groups excluding carboxylic acids is 2. The predicted molar refractivity (Wildman–Crippen MR) is 118 cm³/mol. The van der Waals surface area contributed by atoms with Crippen molar-refractivity contribution >= 4 is 17.5 Å². The third-order valence-electron chi connectivity index (χ3n) is 6.11. The average molecular weight is 424 g/mol. The Morgan fingerprint density at radius 3 is 2.61 bits per heavy atom. The van der Waals surface area contributed by atoms with Crippen LogP contribution in [0.2, 0.25) is 0 Å². The van der Waals surface area contributed by atoms with Gasteiger partial charge in [-0.15, -0.1) is 0 Å². The number of anilines is 1. The number of fused-ring (bicyclic) bond motifs is 1. The van der Waals surface area contributed by atoms with Crippen molar-refractivity contribution in [3.8, 4) is 5.75 Å². The number of ether oxygens (including phenoxy) is 2. The second kappa shape index (κ2) is 9.49. The number of hydrogen-bond acceptors (Lipinski definition) is 5. The van der Waals surface area contributed by atoms with Gasteiger partial charge in [-0.05, 0) is 29.3 Å². The topological polar surface area (TPSA) is 71.1 Å². The Bertz CT molecular complexity index is 925. The van der Waals surface area contributed by atoms with Crippen molar-refractivity contribution in [2.75, 3.05) is 52.3 Å². The highest BCUT2D eigenvalue weighted by molar-refractivity contribution is 6.01. The summed E-state index contributed by atoms with van der Waals surface area (Å²) in [5.74, 6) is 0.189. The van der Waals surface area contributed by atoms with Gasteiger partial charge in [-0.3, -0.25) is 14.5 Å². The van der Waals surface area contributed by atoms with Gasteiger partial charge in [0.2, 0.25) is 11.8 Å². The van der Waals surface area contributed by atoms with Crippen molar-refractivity contribution in [1.82, 2.24) is 9.80 Å². The van der Waals surface area contributed by atoms with Crippen LogP contribution in [-0.2, 0) is 14.3 Å². The monoisotopic (exact) mass is 423 g/mol. The van der Waals surface area contributed by atoms with Gasteiger partial charge in [0, 0.05) is 38.8 Å². The first kappa shape index (κ1) is 21.3. The standard InChI is InChI=1S/C24H29N3O4/c1-26(24(29)20-15-23(28)25-21-6-4-3-5-19(20)21)16-22(27-11-13-31-14-12-27)17-7-9-18(30-2)10-8-17/h3-10,20,22H,11-16H2,1-2H3,(H,25,28)/t20-,22-/m0/s1. The van der Waals surface area contributed by atoms with Crippen LogP contribution in [0.15, 0.2) is 48.5 Å². The van der Waals surface area contributed by atoms with Crippen LogP contribution in [0.1, 0.15) is 29.5 Å². The molecule has 7 heteroatoms. The van der Waals surface area contributed by atoms with Crippen LogP contribution in [-0.4, -0.2) is 68.6 Å². The maximum Gasteiger partial charge on any atom is 0.230 e. The Balaban J connectivity index is 1.56. The van der Waals surface area contributed by atoms with Gasteiger partial charge in [-0.25, -0.2) is 0 Å². The van der Waals surface area contributed by atoms with Gasteiger partial charge in [0.1, 0.15) is 5.75 Å². The van der Waals surface area contributed by atoms with Crippen molar-refractivity contribution < 1.29 is 19.1 Å². The lowest BCUT2D eigenvalue weighted by Gasteiger charge is -2.38. The minimum Gasteiger partial charge on any atom is -0.497 e. The van der Waals surface area contributed by atoms with Crippen LogP contribution in [0.4, 0.5) is 5.69 Å². The summed E-state index contributed by atoms with van der Waals surface area (Å²) in [6.07, 6.45) is 0.172. The minimum absolute atomic E-state index is 0.0333. The molecule has 4 rings (SSSR count). The lowest BCUT2D eigenvalue weighted by Crippen LogP contribution is -2.45. The number of rotatable bonds is 6. The first-order chi connectivity index (χ1) is 15.1. The molecule has 2 aliphatic rings. The van der Waals surface area contributed by atoms with Crippen LogP contribution >= 0.6 is 0 Å². The summed E-state index contributed by atoms with van der Waals surface area (Å²) >= 11 is 0. The molecule has 0 radical (unpaired) electrons. The summed E-state index contributed by atoms with van der Waals surface area (Å²) in [7, 11) is 3.48. The molecule has 2 amide bonds. The van der Waals surface area contributed by atoms with Gasteiger partial charge < -0.3 is 19.7 Å². The van der Waals surface area contributed by atoms with Gasteiger partial charge in [0.15, 0.2) is 0 Å². The van der Waals surface area contributed by atoms with Gasteiger partial charge >= 0.3 is 0 Å². The maximum absolute atomic E-state index is 13.4. The molecule has 2 aliphatic heterocycles. The minimum atomic E-state index is -0.462. The molecular formula is C24H29N3O4. The number of nitrogens with one attached hydrogen (secondary N) is 1. The summed E-state index contributed by atoms with van der Waals surface area (Å²) in [5.41, 5.74) is 2.74. The fourth-order valence-electron chi connectivity index (χ4n) is 4.39. The molecule has 1 fully saturated rings. The van der Waals surface area contributed by atoms with Gasteiger partial charge in [0.05, 0.1) is 32.3 Å². The molecule has 0 unspecified atom stereocenters. The SMILES string of the molecule is COc1ccc([C@H](CN(C)C(=O)[C@H]2CC(=O)Nc3ccccc32)N2CCOCC2)cc1. The second-order valence-corrected chi connectivity index (χ2v) is 8.05. The molecule has 2 atom stereocenters. The number of methoxy groups -OCH3 is 1. The van der Waals surface area contributed by atoms with Crippen molar-refractivity contribution in [3.63, 3.8) is 0 Å². The maximum atomic E-state index is 13.4. The van der Waals surface area contributed by atoms with Crippen LogP contribution in [0, 0.1) is 0 Å². The highest BCUT2D eigenvalue weighted by atomic mass is 16.5. The molecule has 2 aromatic carbocycles. The van der Waals surface area contributed by atoms with Crippen LogP contribution in [0.3, 0.4) is 0 Å². The van der Waals surface area contributed by atoms with E-state index >= 15 is 0 Å². The highest BCUT2D eigenvalue weighted by Crippen LogP contribution is 2.34. The number of para-hydroxylation sites is 1. The number of nitrogens with zero attached hydrogens (tertiary/aromatic N) is 2. The first-order valence-electron chi connectivity index (χ1n) is 10.7. The zero-order valence-electron chi connectivity index (χ0n) is 18.0. The Labute approximate surface area is 182 Å². The van der Waals surface area contributed by atoms with Crippen molar-refractivity contribution in [2.24, 2.45) is 0 Å². The molecule has 0 spiro atoms. The predicted octanol–water partition coefficient (Wildman–Crippen LogP) is 2.65. The Kier molecular flexibility index (Phi) is 6.53. The van der Waals surface area contributed by atoms with E-state index in [2.05, 4.69) is 22.3 Å². The molecule has 2 aromatic rings. The molecule has 0 aliphatic carbocycles. The number of morpholine rings is 1. The van der Waals surface area contributed by atoms with Crippen LogP contribution in [0.25, 0.3) is 0 Å². The third kappa shape index (κ3) is 4.73. The van der Waals surface area contributed by atoms with Crippen molar-refractivity contribution in [1.29, 1.82) is 0 Å². The molecule has 0 bridgehead atoms. The summed E-state index contributed by atoms with van der Waals surface area (Å²) in [6, 6.07) is 15.6. The average Bonchev–Trinajstić information content (AvgIpc) is 2.82. The summed E-state index contributed by atoms with van der Waals surface area (Å²) in [5, 5.41) is 2.87. The lowest BCUT2D eigenvalue weighted by molar-refractivity contribution is -0.134. The summed E-state index contributed by atoms with van der Waals surface area (Å²) < 4.78 is 10.8. The van der Waals surface area contributed by atoms with Gasteiger partial charge in [0.25, 0.3) is 0 Å². The highest BCUT2D eigenvalue weighted by Gasteiger charge is 2.34. The summed E-state index contributed by atoms with van der Waals surface area (Å²) in [4.78, 5) is 29.8. The zero-order valence-corrected chi connectivity index (χ0v) is 18.0. The second-order valence-electron chi connectivity index (χ2n) is 8.05. The number of benzene rings is 2. The molecule has 0 saturated carbocycles. The van der Waals surface area contributed by atoms with E-state index in [1.807, 2.05) is 43.4 Å². The molecule has 7 nitrogen and oxygen atoms in total. The zero-order chi connectivity index (χ0) is 21.8. The molecule has 1 saturated heterocycles. The smallest absolute Gasteiger partial charge is 0.230 e. The first-order valence-corrected chi connectivity index (χ1v) is 10.7. The van der Waals surface area contributed by atoms with E-state index in [1.165, 1.54) is 0 Å². The fourth-order valence-corrected chi connectivity index (χ4v) is 4.39. The number of amides is 2. The number of hydrogen-bond donors (Lipinski definition) is 1. The van der Waals surface area contributed by atoms with E-state index in [1.54, 1.807) is 12.0 Å². The fraction of sp³-hybridized carbons (Fsp3) is 0.417. The van der Waals surface area contributed by atoms with Gasteiger partial charge in [-0.1, -0.05) is 30.3 Å². The molecule has 0 aromatic heterocycles. The number of likely N-dealkylation sites (N-methyl/N-ethyl adjacent to an activating group) is 1. The van der Waals surface area contributed by atoms with E-state index in [4.69, 9.17) is 9.47 Å². The van der Waals surface area contributed by atoms with E-state index in [0.717, 1.165) is 35.7 Å². The van der Waals surface area contributed by atoms with E-state index in [9.17, 15) is 9.59 Å². The largest absolute Gasteiger partial charge is 0.497 e. The Morgan fingerprint density at radius 2 is 1.90 bits per heavy atom. The number of carbonyl (C=O) groups is 2. The Morgan fingerprint density at radius 1 is 1.19 bits per heavy atom. The van der Waals surface area contributed by atoms with Gasteiger partial charge in [-0.2, -0.15) is 0 Å².